The molecule has 3 fully saturated rings. The number of carbonyl (C=O) groups is 3. The standard InChI is InChI=1S/C44H49FN8O4/c1-3-51(4-2)39(30-10-6-5-7-11-30)43(55)53-23-9-13-37(53)40-46-25-34(48-40)28-16-14-27(15-17-28)31-20-21-32(33(45)24-31)35-26-47-41(49-35)36-12-8-22-52(36)42(54)38(29-18-19-29)50-44(56)57/h5-7,10-11,14-17,20-21,24-26,29,36-39,50H,3-4,8-9,12-13,18-19,22-23H2,1-2H3,(H,46,48)(H,47,49)(H,56,57)/t36-,37-,38-,39+/m0/s1. The summed E-state index contributed by atoms with van der Waals surface area (Å²) in [6, 6.07) is 21.4. The van der Waals surface area contributed by atoms with Crippen LogP contribution in [0.5, 0.6) is 0 Å². The molecule has 0 unspecified atom stereocenters. The van der Waals surface area contributed by atoms with Gasteiger partial charge < -0.3 is 30.2 Å². The third kappa shape index (κ3) is 7.80. The number of aromatic amines is 2. The highest BCUT2D eigenvalue weighted by molar-refractivity contribution is 5.87. The monoisotopic (exact) mass is 772 g/mol. The summed E-state index contributed by atoms with van der Waals surface area (Å²) in [6.07, 6.45) is 7.04. The van der Waals surface area contributed by atoms with E-state index in [1.54, 1.807) is 17.2 Å². The summed E-state index contributed by atoms with van der Waals surface area (Å²) >= 11 is 0. The number of imidazole rings is 2. The zero-order valence-electron chi connectivity index (χ0n) is 32.3. The van der Waals surface area contributed by atoms with Crippen molar-refractivity contribution < 1.29 is 23.9 Å². The minimum Gasteiger partial charge on any atom is -0.465 e. The van der Waals surface area contributed by atoms with E-state index in [1.165, 1.54) is 6.07 Å². The van der Waals surface area contributed by atoms with Crippen molar-refractivity contribution in [2.24, 2.45) is 5.92 Å². The van der Waals surface area contributed by atoms with E-state index in [2.05, 4.69) is 39.0 Å². The Labute approximate surface area is 331 Å². The number of halogens is 1. The van der Waals surface area contributed by atoms with E-state index in [9.17, 15) is 19.5 Å². The largest absolute Gasteiger partial charge is 0.465 e. The van der Waals surface area contributed by atoms with Gasteiger partial charge in [-0.05, 0) is 91.9 Å². The number of nitrogens with one attached hydrogen (secondary N) is 3. The Morgan fingerprint density at radius 2 is 1.37 bits per heavy atom. The number of benzene rings is 3. The molecule has 2 aliphatic heterocycles. The minimum atomic E-state index is -1.21. The maximum absolute atomic E-state index is 15.7. The van der Waals surface area contributed by atoms with Gasteiger partial charge in [-0.15, -0.1) is 0 Å². The highest BCUT2D eigenvalue weighted by atomic mass is 19.1. The quantitative estimate of drug-likeness (QED) is 0.0957. The Morgan fingerprint density at radius 1 is 0.789 bits per heavy atom. The highest BCUT2D eigenvalue weighted by Gasteiger charge is 2.43. The first-order chi connectivity index (χ1) is 27.7. The number of likely N-dealkylation sites (N-methyl/N-ethyl adjacent to an activating group) is 1. The van der Waals surface area contributed by atoms with Crippen molar-refractivity contribution in [1.29, 1.82) is 0 Å². The van der Waals surface area contributed by atoms with Gasteiger partial charge in [0, 0.05) is 18.7 Å². The molecular weight excluding hydrogens is 724 g/mol. The maximum Gasteiger partial charge on any atom is 0.405 e. The first-order valence-corrected chi connectivity index (χ1v) is 20.1. The number of rotatable bonds is 13. The fraction of sp³-hybridized carbons (Fsp3) is 0.386. The number of nitrogens with zero attached hydrogens (tertiary/aromatic N) is 5. The molecule has 0 spiro atoms. The van der Waals surface area contributed by atoms with Crippen molar-refractivity contribution >= 4 is 17.9 Å². The summed E-state index contributed by atoms with van der Waals surface area (Å²) in [4.78, 5) is 61.0. The van der Waals surface area contributed by atoms with Gasteiger partial charge in [-0.25, -0.2) is 19.2 Å². The zero-order chi connectivity index (χ0) is 39.6. The van der Waals surface area contributed by atoms with E-state index in [1.807, 2.05) is 71.8 Å². The topological polar surface area (TPSA) is 151 Å². The Hall–Kier alpha value is -5.82. The fourth-order valence-electron chi connectivity index (χ4n) is 8.69. The molecule has 12 nitrogen and oxygen atoms in total. The number of hydrogen-bond acceptors (Lipinski definition) is 6. The molecule has 0 bridgehead atoms. The van der Waals surface area contributed by atoms with E-state index >= 15 is 4.39 Å². The Bertz CT molecular complexity index is 2210. The van der Waals surface area contributed by atoms with Crippen molar-refractivity contribution in [3.8, 4) is 33.6 Å². The molecule has 1 saturated carbocycles. The molecule has 57 heavy (non-hydrogen) atoms. The number of carboxylic acid groups (broad SMARTS) is 1. The molecule has 3 amide bonds. The smallest absolute Gasteiger partial charge is 0.405 e. The number of H-pyrrole nitrogens is 2. The second kappa shape index (κ2) is 16.3. The van der Waals surface area contributed by atoms with Crippen LogP contribution in [0.4, 0.5) is 9.18 Å². The van der Waals surface area contributed by atoms with Crippen LogP contribution in [0, 0.1) is 11.7 Å². The van der Waals surface area contributed by atoms with Crippen molar-refractivity contribution in [3.05, 3.63) is 108 Å². The third-order valence-electron chi connectivity index (χ3n) is 11.8. The lowest BCUT2D eigenvalue weighted by molar-refractivity contribution is -0.138. The average molecular weight is 773 g/mol. The van der Waals surface area contributed by atoms with Crippen molar-refractivity contribution in [2.45, 2.75) is 76.5 Å². The molecule has 1 aliphatic carbocycles. The molecule has 13 heteroatoms. The lowest BCUT2D eigenvalue weighted by atomic mass is 10.0. The van der Waals surface area contributed by atoms with E-state index < -0.39 is 18.0 Å². The second-order valence-corrected chi connectivity index (χ2v) is 15.3. The Balaban J connectivity index is 0.946. The normalized spacial score (nSPS) is 19.2. The summed E-state index contributed by atoms with van der Waals surface area (Å²) in [7, 11) is 0. The van der Waals surface area contributed by atoms with Crippen LogP contribution in [0.3, 0.4) is 0 Å². The number of aromatic nitrogens is 4. The number of carbonyl (C=O) groups excluding carboxylic acids is 2. The molecule has 4 atom stereocenters. The average Bonchev–Trinajstić information content (AvgIpc) is 3.69. The van der Waals surface area contributed by atoms with Crippen molar-refractivity contribution in [1.82, 2.24) is 40.0 Å². The predicted molar refractivity (Wildman–Crippen MR) is 214 cm³/mol. The molecule has 2 saturated heterocycles. The molecule has 3 aromatic carbocycles. The zero-order valence-corrected chi connectivity index (χ0v) is 32.3. The molecule has 4 heterocycles. The highest BCUT2D eigenvalue weighted by Crippen LogP contribution is 2.39. The van der Waals surface area contributed by atoms with Gasteiger partial charge in [-0.2, -0.15) is 0 Å². The Kier molecular flexibility index (Phi) is 10.9. The van der Waals surface area contributed by atoms with Gasteiger partial charge in [0.05, 0.1) is 35.9 Å². The van der Waals surface area contributed by atoms with Crippen LogP contribution in [0.25, 0.3) is 33.6 Å². The number of likely N-dealkylation sites (tertiary alicyclic amines) is 2. The van der Waals surface area contributed by atoms with Gasteiger partial charge >= 0.3 is 6.09 Å². The maximum atomic E-state index is 15.7. The summed E-state index contributed by atoms with van der Waals surface area (Å²) in [5.74, 6) is 0.816. The van der Waals surface area contributed by atoms with Crippen molar-refractivity contribution in [2.75, 3.05) is 26.2 Å². The van der Waals surface area contributed by atoms with Crippen LogP contribution in [-0.2, 0) is 9.59 Å². The van der Waals surface area contributed by atoms with Gasteiger partial charge in [0.25, 0.3) is 0 Å². The van der Waals surface area contributed by atoms with Crippen molar-refractivity contribution in [3.63, 3.8) is 0 Å². The van der Waals surface area contributed by atoms with Gasteiger partial charge in [0.15, 0.2) is 0 Å². The van der Waals surface area contributed by atoms with Crippen LogP contribution >= 0.6 is 0 Å². The minimum absolute atomic E-state index is 0.0206. The van der Waals surface area contributed by atoms with Crippen LogP contribution < -0.4 is 5.32 Å². The van der Waals surface area contributed by atoms with E-state index in [0.29, 0.717) is 36.6 Å². The number of hydrogen-bond donors (Lipinski definition) is 4. The molecule has 296 valence electrons. The third-order valence-corrected chi connectivity index (χ3v) is 11.8. The first-order valence-electron chi connectivity index (χ1n) is 20.1. The molecular formula is C44H49FN8O4. The van der Waals surface area contributed by atoms with Gasteiger partial charge in [0.1, 0.15) is 29.5 Å². The lowest BCUT2D eigenvalue weighted by Gasteiger charge is -2.34. The predicted octanol–water partition coefficient (Wildman–Crippen LogP) is 7.73. The SMILES string of the molecule is CCN(CC)[C@@H](C(=O)N1CCC[C@H]1c1ncc(-c2ccc(-c3ccc(-c4cnc([C@@H]5CCCN5C(=O)[C@@H](NC(=O)O)C5CC5)[nH]4)c(F)c3)cc2)[nH]1)c1ccccc1. The number of amides is 3. The summed E-state index contributed by atoms with van der Waals surface area (Å²) in [5.41, 5.74) is 5.22. The molecule has 4 N–H and O–H groups in total. The Morgan fingerprint density at radius 3 is 1.96 bits per heavy atom. The molecule has 2 aromatic heterocycles. The molecule has 8 rings (SSSR count). The van der Waals surface area contributed by atoms with Gasteiger partial charge in [-0.1, -0.05) is 74.5 Å². The van der Waals surface area contributed by atoms with Crippen LogP contribution in [0.15, 0.2) is 85.2 Å². The summed E-state index contributed by atoms with van der Waals surface area (Å²) in [6.45, 7) is 6.92. The van der Waals surface area contributed by atoms with E-state index in [0.717, 1.165) is 79.0 Å². The molecule has 5 aromatic rings. The van der Waals surface area contributed by atoms with E-state index in [-0.39, 0.29) is 35.9 Å². The first kappa shape index (κ1) is 38.1. The fourth-order valence-corrected chi connectivity index (χ4v) is 8.69. The van der Waals surface area contributed by atoms with Crippen LogP contribution in [-0.4, -0.2) is 89.9 Å². The molecule has 3 aliphatic rings. The van der Waals surface area contributed by atoms with Crippen LogP contribution in [0.1, 0.15) is 87.7 Å². The second-order valence-electron chi connectivity index (χ2n) is 15.3. The van der Waals surface area contributed by atoms with E-state index in [4.69, 9.17) is 4.98 Å². The summed E-state index contributed by atoms with van der Waals surface area (Å²) in [5, 5.41) is 11.7. The van der Waals surface area contributed by atoms with Gasteiger partial charge in [-0.3, -0.25) is 14.5 Å². The van der Waals surface area contributed by atoms with Crippen LogP contribution in [0.2, 0.25) is 0 Å². The summed E-state index contributed by atoms with van der Waals surface area (Å²) < 4.78 is 15.7. The lowest BCUT2D eigenvalue weighted by Crippen LogP contribution is -2.49. The molecule has 0 radical (unpaired) electrons. The van der Waals surface area contributed by atoms with Gasteiger partial charge in [0.2, 0.25) is 11.8 Å².